The molecule has 1 aromatic heterocycles. The van der Waals surface area contributed by atoms with Crippen molar-refractivity contribution in [3.63, 3.8) is 0 Å². The highest BCUT2D eigenvalue weighted by Gasteiger charge is 2.26. The van der Waals surface area contributed by atoms with Gasteiger partial charge in [0, 0.05) is 16.7 Å². The molecule has 1 amide bonds. The molecule has 1 aliphatic rings. The zero-order chi connectivity index (χ0) is 14.4. The van der Waals surface area contributed by atoms with Gasteiger partial charge in [0.1, 0.15) is 6.61 Å². The maximum atomic E-state index is 12.1. The first kappa shape index (κ1) is 15.4. The van der Waals surface area contributed by atoms with Crippen LogP contribution in [0, 0.1) is 11.8 Å². The number of carbonyl (C=O) groups is 1. The number of nitrogens with one attached hydrogen (secondary N) is 1. The molecule has 2 atom stereocenters. The van der Waals surface area contributed by atoms with E-state index >= 15 is 0 Å². The number of aliphatic hydroxyl groups excluding tert-OH is 1. The molecule has 108 valence electrons. The average Bonchev–Trinajstić information content (AvgIpc) is 3.06. The highest BCUT2D eigenvalue weighted by molar-refractivity contribution is 7.99. The van der Waals surface area contributed by atoms with Crippen LogP contribution in [-0.2, 0) is 0 Å². The number of aliphatic hydroxyl groups is 1. The fourth-order valence-corrected chi connectivity index (χ4v) is 4.27. The lowest BCUT2D eigenvalue weighted by atomic mass is 10.2. The van der Waals surface area contributed by atoms with E-state index in [9.17, 15) is 4.79 Å². The smallest absolute Gasteiger partial charge is 0.252 e. The maximum absolute atomic E-state index is 12.1. The van der Waals surface area contributed by atoms with Gasteiger partial charge in [-0.2, -0.15) is 11.8 Å². The van der Waals surface area contributed by atoms with Crippen molar-refractivity contribution in [2.75, 3.05) is 12.4 Å². The molecule has 1 fully saturated rings. The molecule has 1 saturated carbocycles. The Morgan fingerprint density at radius 3 is 3.20 bits per heavy atom. The van der Waals surface area contributed by atoms with Crippen molar-refractivity contribution in [2.45, 2.75) is 37.5 Å². The Bertz CT molecular complexity index is 515. The van der Waals surface area contributed by atoms with Crippen molar-refractivity contribution in [1.82, 2.24) is 5.32 Å². The predicted octanol–water partition coefficient (Wildman–Crippen LogP) is 2.50. The summed E-state index contributed by atoms with van der Waals surface area (Å²) >= 11 is 3.42. The predicted molar refractivity (Wildman–Crippen MR) is 85.3 cm³/mol. The van der Waals surface area contributed by atoms with Crippen LogP contribution in [0.1, 0.15) is 41.4 Å². The first-order valence-corrected chi connectivity index (χ1v) is 8.76. The third-order valence-corrected chi connectivity index (χ3v) is 5.35. The lowest BCUT2D eigenvalue weighted by Crippen LogP contribution is -2.32. The number of carbonyl (C=O) groups excluding carboxylic acids is 1. The van der Waals surface area contributed by atoms with Crippen LogP contribution in [0.2, 0.25) is 0 Å². The molecule has 0 spiro atoms. The van der Waals surface area contributed by atoms with Crippen molar-refractivity contribution in [3.8, 4) is 11.8 Å². The standard InChI is InChI=1S/C15H19NO2S2/c1-2-19-14-6-5-12(9-14)16-15(18)11-8-13(20-10-11)4-3-7-17/h8,10,12,14,17H,2,5-7,9H2,1H3,(H,16,18). The minimum Gasteiger partial charge on any atom is -0.384 e. The Balaban J connectivity index is 1.87. The van der Waals surface area contributed by atoms with E-state index in [0.717, 1.165) is 23.5 Å². The third kappa shape index (κ3) is 4.27. The van der Waals surface area contributed by atoms with Crippen LogP contribution in [0.5, 0.6) is 0 Å². The molecule has 1 aliphatic carbocycles. The molecule has 0 bridgehead atoms. The molecular formula is C15H19NO2S2. The van der Waals surface area contributed by atoms with Crippen molar-refractivity contribution >= 4 is 29.0 Å². The summed E-state index contributed by atoms with van der Waals surface area (Å²) in [5.41, 5.74) is 0.670. The Morgan fingerprint density at radius 1 is 1.60 bits per heavy atom. The van der Waals surface area contributed by atoms with Gasteiger partial charge in [-0.15, -0.1) is 11.3 Å². The quantitative estimate of drug-likeness (QED) is 0.840. The van der Waals surface area contributed by atoms with Gasteiger partial charge in [-0.05, 0) is 31.1 Å². The summed E-state index contributed by atoms with van der Waals surface area (Å²) in [6.45, 7) is 2.02. The molecule has 2 rings (SSSR count). The zero-order valence-electron chi connectivity index (χ0n) is 11.5. The van der Waals surface area contributed by atoms with Gasteiger partial charge in [0.25, 0.3) is 5.91 Å². The summed E-state index contributed by atoms with van der Waals surface area (Å²) in [4.78, 5) is 13.0. The fourth-order valence-electron chi connectivity index (χ4n) is 2.37. The second-order valence-electron chi connectivity index (χ2n) is 4.72. The van der Waals surface area contributed by atoms with Crippen LogP contribution in [-0.4, -0.2) is 34.7 Å². The van der Waals surface area contributed by atoms with Gasteiger partial charge < -0.3 is 10.4 Å². The minimum absolute atomic E-state index is 0.00885. The van der Waals surface area contributed by atoms with Crippen molar-refractivity contribution in [3.05, 3.63) is 21.9 Å². The van der Waals surface area contributed by atoms with E-state index < -0.39 is 0 Å². The third-order valence-electron chi connectivity index (χ3n) is 3.27. The van der Waals surface area contributed by atoms with E-state index in [1.165, 1.54) is 17.8 Å². The molecule has 1 heterocycles. The molecule has 2 unspecified atom stereocenters. The van der Waals surface area contributed by atoms with Gasteiger partial charge in [-0.3, -0.25) is 4.79 Å². The topological polar surface area (TPSA) is 49.3 Å². The van der Waals surface area contributed by atoms with Crippen LogP contribution in [0.4, 0.5) is 0 Å². The Labute approximate surface area is 128 Å². The van der Waals surface area contributed by atoms with Gasteiger partial charge >= 0.3 is 0 Å². The number of amides is 1. The van der Waals surface area contributed by atoms with Crippen LogP contribution in [0.15, 0.2) is 11.4 Å². The normalized spacial score (nSPS) is 21.3. The van der Waals surface area contributed by atoms with Gasteiger partial charge in [-0.1, -0.05) is 18.8 Å². The number of thiophene rings is 1. The molecular weight excluding hydrogens is 290 g/mol. The van der Waals surface area contributed by atoms with Gasteiger partial charge in [0.2, 0.25) is 0 Å². The average molecular weight is 309 g/mol. The largest absolute Gasteiger partial charge is 0.384 e. The second kappa shape index (κ2) is 7.72. The molecule has 5 heteroatoms. The first-order chi connectivity index (χ1) is 9.72. The maximum Gasteiger partial charge on any atom is 0.252 e. The highest BCUT2D eigenvalue weighted by Crippen LogP contribution is 2.29. The summed E-state index contributed by atoms with van der Waals surface area (Å²) in [5, 5.41) is 14.3. The van der Waals surface area contributed by atoms with E-state index in [0.29, 0.717) is 16.9 Å². The van der Waals surface area contributed by atoms with E-state index in [-0.39, 0.29) is 12.5 Å². The fraction of sp³-hybridized carbons (Fsp3) is 0.533. The van der Waals surface area contributed by atoms with Crippen LogP contribution in [0.3, 0.4) is 0 Å². The van der Waals surface area contributed by atoms with Crippen LogP contribution < -0.4 is 5.32 Å². The Kier molecular flexibility index (Phi) is 5.96. The minimum atomic E-state index is -0.155. The monoisotopic (exact) mass is 309 g/mol. The molecule has 2 N–H and O–H groups in total. The van der Waals surface area contributed by atoms with Crippen molar-refractivity contribution in [2.24, 2.45) is 0 Å². The second-order valence-corrected chi connectivity index (χ2v) is 7.21. The van der Waals surface area contributed by atoms with Gasteiger partial charge in [0.05, 0.1) is 10.4 Å². The summed E-state index contributed by atoms with van der Waals surface area (Å²) in [5.74, 6) is 6.55. The first-order valence-electron chi connectivity index (χ1n) is 6.83. The summed E-state index contributed by atoms with van der Waals surface area (Å²) < 4.78 is 0. The highest BCUT2D eigenvalue weighted by atomic mass is 32.2. The molecule has 1 aromatic rings. The number of thioether (sulfide) groups is 1. The number of rotatable bonds is 4. The number of hydrogen-bond donors (Lipinski definition) is 2. The SMILES string of the molecule is CCSC1CCC(NC(=O)c2csc(C#CCO)c2)C1. The van der Waals surface area contributed by atoms with Gasteiger partial charge in [-0.25, -0.2) is 0 Å². The van der Waals surface area contributed by atoms with E-state index in [1.54, 1.807) is 6.07 Å². The Morgan fingerprint density at radius 2 is 2.45 bits per heavy atom. The van der Waals surface area contributed by atoms with Crippen molar-refractivity contribution in [1.29, 1.82) is 0 Å². The molecule has 20 heavy (non-hydrogen) atoms. The molecule has 3 nitrogen and oxygen atoms in total. The lowest BCUT2D eigenvalue weighted by molar-refractivity contribution is 0.0938. The zero-order valence-corrected chi connectivity index (χ0v) is 13.1. The molecule has 0 aliphatic heterocycles. The van der Waals surface area contributed by atoms with E-state index in [2.05, 4.69) is 24.1 Å². The van der Waals surface area contributed by atoms with Crippen molar-refractivity contribution < 1.29 is 9.90 Å². The summed E-state index contributed by atoms with van der Waals surface area (Å²) in [6, 6.07) is 2.09. The van der Waals surface area contributed by atoms with E-state index in [4.69, 9.17) is 5.11 Å². The molecule has 0 aromatic carbocycles. The van der Waals surface area contributed by atoms with E-state index in [1.807, 2.05) is 17.1 Å². The molecule has 0 radical (unpaired) electrons. The lowest BCUT2D eigenvalue weighted by Gasteiger charge is -2.12. The molecule has 0 saturated heterocycles. The number of hydrogen-bond acceptors (Lipinski definition) is 4. The Hall–Kier alpha value is -0.960. The van der Waals surface area contributed by atoms with Crippen LogP contribution in [0.25, 0.3) is 0 Å². The van der Waals surface area contributed by atoms with Crippen LogP contribution >= 0.6 is 23.1 Å². The summed E-state index contributed by atoms with van der Waals surface area (Å²) in [7, 11) is 0. The summed E-state index contributed by atoms with van der Waals surface area (Å²) in [6.07, 6.45) is 3.34. The van der Waals surface area contributed by atoms with Gasteiger partial charge in [0.15, 0.2) is 0 Å².